The molecule has 0 bridgehead atoms. The number of carbonyl (C=O) groups is 2. The lowest BCUT2D eigenvalue weighted by Gasteiger charge is -2.35. The van der Waals surface area contributed by atoms with Crippen LogP contribution in [-0.2, 0) is 19.1 Å². The van der Waals surface area contributed by atoms with Gasteiger partial charge in [-0.05, 0) is 74.7 Å². The molecule has 1 fully saturated rings. The number of nitrogens with zero attached hydrogens (tertiary/aromatic N) is 5. The van der Waals surface area contributed by atoms with Gasteiger partial charge in [-0.25, -0.2) is 14.8 Å². The zero-order chi connectivity index (χ0) is 33.5. The van der Waals surface area contributed by atoms with E-state index in [0.717, 1.165) is 30.3 Å². The van der Waals surface area contributed by atoms with E-state index < -0.39 is 23.7 Å². The lowest BCUT2D eigenvalue weighted by Crippen LogP contribution is -2.44. The molecular formula is C33H36F3N7O4. The van der Waals surface area contributed by atoms with E-state index in [4.69, 9.17) is 9.47 Å². The van der Waals surface area contributed by atoms with Gasteiger partial charge in [-0.1, -0.05) is 6.07 Å². The summed E-state index contributed by atoms with van der Waals surface area (Å²) in [6, 6.07) is 9.12. The molecule has 5 heterocycles. The van der Waals surface area contributed by atoms with Gasteiger partial charge in [0.1, 0.15) is 34.5 Å². The first-order valence-corrected chi connectivity index (χ1v) is 15.3. The first-order chi connectivity index (χ1) is 22.4. The summed E-state index contributed by atoms with van der Waals surface area (Å²) in [7, 11) is 5.28. The number of hydrogen-bond donors (Lipinski definition) is 2. The summed E-state index contributed by atoms with van der Waals surface area (Å²) in [5.41, 5.74) is 1.66. The second-order valence-electron chi connectivity index (χ2n) is 12.3. The quantitative estimate of drug-likeness (QED) is 0.266. The van der Waals surface area contributed by atoms with Crippen molar-refractivity contribution in [3.63, 3.8) is 0 Å². The third-order valence-electron chi connectivity index (χ3n) is 8.53. The number of benzene rings is 1. The van der Waals surface area contributed by atoms with Crippen molar-refractivity contribution < 1.29 is 32.2 Å². The van der Waals surface area contributed by atoms with Gasteiger partial charge in [-0.3, -0.25) is 4.79 Å². The highest BCUT2D eigenvalue weighted by atomic mass is 19.4. The number of H-pyrrole nitrogens is 1. The molecule has 0 aliphatic carbocycles. The number of urea groups is 1. The van der Waals surface area contributed by atoms with Crippen LogP contribution in [0.4, 0.5) is 23.7 Å². The van der Waals surface area contributed by atoms with Gasteiger partial charge < -0.3 is 34.5 Å². The van der Waals surface area contributed by atoms with E-state index in [2.05, 4.69) is 25.2 Å². The second kappa shape index (κ2) is 12.7. The summed E-state index contributed by atoms with van der Waals surface area (Å²) in [6.07, 6.45) is -0.547. The van der Waals surface area contributed by atoms with Gasteiger partial charge in [0.25, 0.3) is 5.91 Å². The Morgan fingerprint density at radius 3 is 2.55 bits per heavy atom. The molecule has 4 aromatic rings. The zero-order valence-corrected chi connectivity index (χ0v) is 26.5. The first-order valence-electron chi connectivity index (χ1n) is 15.3. The van der Waals surface area contributed by atoms with Crippen LogP contribution in [0.2, 0.25) is 0 Å². The Balaban J connectivity index is 1.17. The number of likely N-dealkylation sites (tertiary alicyclic amines) is 1. The van der Waals surface area contributed by atoms with E-state index in [1.165, 1.54) is 11.1 Å². The molecule has 11 nitrogen and oxygen atoms in total. The fourth-order valence-electron chi connectivity index (χ4n) is 5.90. The van der Waals surface area contributed by atoms with E-state index in [-0.39, 0.29) is 30.3 Å². The topological polar surface area (TPSA) is 116 Å². The van der Waals surface area contributed by atoms with E-state index >= 15 is 0 Å². The maximum absolute atomic E-state index is 14.0. The van der Waals surface area contributed by atoms with Crippen LogP contribution in [0.5, 0.6) is 17.4 Å². The van der Waals surface area contributed by atoms with Crippen LogP contribution in [0.3, 0.4) is 0 Å². The third-order valence-corrected chi connectivity index (χ3v) is 8.53. The molecule has 2 aliphatic heterocycles. The molecule has 0 saturated carbocycles. The highest BCUT2D eigenvalue weighted by Gasteiger charge is 2.37. The Bertz CT molecular complexity index is 1800. The van der Waals surface area contributed by atoms with Gasteiger partial charge in [0.2, 0.25) is 5.88 Å². The molecule has 0 radical (unpaired) electrons. The van der Waals surface area contributed by atoms with Crippen molar-refractivity contribution in [2.75, 3.05) is 39.5 Å². The van der Waals surface area contributed by atoms with E-state index in [0.29, 0.717) is 47.5 Å². The zero-order valence-electron chi connectivity index (χ0n) is 26.5. The van der Waals surface area contributed by atoms with Crippen LogP contribution < -0.4 is 14.8 Å². The first kappa shape index (κ1) is 32.1. The summed E-state index contributed by atoms with van der Waals surface area (Å²) < 4.78 is 54.0. The van der Waals surface area contributed by atoms with Crippen LogP contribution >= 0.6 is 0 Å². The van der Waals surface area contributed by atoms with Gasteiger partial charge in [-0.15, -0.1) is 0 Å². The number of pyridine rings is 2. The maximum Gasteiger partial charge on any atom is 0.421 e. The number of carbonyl (C=O) groups excluding carboxylic acids is 2. The molecule has 2 aliphatic rings. The normalized spacial score (nSPS) is 17.3. The van der Waals surface area contributed by atoms with Crippen molar-refractivity contribution in [1.29, 1.82) is 0 Å². The lowest BCUT2D eigenvalue weighted by atomic mass is 9.95. The van der Waals surface area contributed by atoms with Crippen molar-refractivity contribution in [2.24, 2.45) is 0 Å². The van der Waals surface area contributed by atoms with Gasteiger partial charge in [-0.2, -0.15) is 13.2 Å². The Labute approximate surface area is 269 Å². The Morgan fingerprint density at radius 1 is 1.06 bits per heavy atom. The minimum Gasteiger partial charge on any atom is -0.474 e. The maximum atomic E-state index is 14.0. The summed E-state index contributed by atoms with van der Waals surface area (Å²) in [4.78, 5) is 42.3. The molecule has 248 valence electrons. The molecule has 0 unspecified atom stereocenters. The number of nitrogens with one attached hydrogen (secondary N) is 2. The number of aromatic amines is 1. The molecule has 3 amide bonds. The summed E-state index contributed by atoms with van der Waals surface area (Å²) in [5, 5.41) is 3.24. The second-order valence-corrected chi connectivity index (χ2v) is 12.3. The SMILES string of the molecule is C[C@@H]1Cc2ccc(Oc3ccnc4[nH]c(C(=O)N(C)C)cc34)cc2CN1C(=O)Nc1cnc(OC2CCN(C)CC2)c(C(F)(F)F)c1. The molecule has 1 saturated heterocycles. The fourth-order valence-corrected chi connectivity index (χ4v) is 5.90. The van der Waals surface area contributed by atoms with Crippen molar-refractivity contribution in [3.05, 3.63) is 71.2 Å². The van der Waals surface area contributed by atoms with Crippen LogP contribution in [0.25, 0.3) is 11.0 Å². The van der Waals surface area contributed by atoms with Crippen LogP contribution in [0.1, 0.15) is 46.9 Å². The predicted molar refractivity (Wildman–Crippen MR) is 169 cm³/mol. The largest absolute Gasteiger partial charge is 0.474 e. The van der Waals surface area contributed by atoms with Gasteiger partial charge in [0, 0.05) is 46.0 Å². The lowest BCUT2D eigenvalue weighted by molar-refractivity contribution is -0.139. The number of aromatic nitrogens is 3. The Kier molecular flexibility index (Phi) is 8.70. The number of piperidine rings is 1. The predicted octanol–water partition coefficient (Wildman–Crippen LogP) is 5.92. The molecule has 6 rings (SSSR count). The molecular weight excluding hydrogens is 615 g/mol. The molecule has 2 N–H and O–H groups in total. The highest BCUT2D eigenvalue weighted by molar-refractivity contribution is 5.98. The minimum atomic E-state index is -4.72. The summed E-state index contributed by atoms with van der Waals surface area (Å²) in [6.45, 7) is 3.56. The average Bonchev–Trinajstić information content (AvgIpc) is 3.47. The summed E-state index contributed by atoms with van der Waals surface area (Å²) in [5.74, 6) is 0.341. The number of fused-ring (bicyclic) bond motifs is 2. The Hall–Kier alpha value is -4.85. The number of rotatable bonds is 6. The number of anilines is 1. The van der Waals surface area contributed by atoms with Crippen LogP contribution in [0.15, 0.2) is 48.8 Å². The molecule has 47 heavy (non-hydrogen) atoms. The number of ether oxygens (including phenoxy) is 2. The standard InChI is InChI=1S/C33H36F3N7O4/c1-19-13-20-5-6-24(46-28-7-10-37-29-25(28)16-27(40-29)31(44)41(2)3)14-21(20)18-43(19)32(45)39-22-15-26(33(34,35)36)30(38-17-22)47-23-8-11-42(4)12-9-23/h5-7,10,14-17,19,23H,8-9,11-13,18H2,1-4H3,(H,37,40)(H,39,45)/t19-/m1/s1. The number of halogens is 3. The highest BCUT2D eigenvalue weighted by Crippen LogP contribution is 2.38. The van der Waals surface area contributed by atoms with Crippen LogP contribution in [-0.4, -0.2) is 88.0 Å². The monoisotopic (exact) mass is 651 g/mol. The van der Waals surface area contributed by atoms with Gasteiger partial charge >= 0.3 is 12.2 Å². The third kappa shape index (κ3) is 6.97. The number of alkyl halides is 3. The van der Waals surface area contributed by atoms with E-state index in [9.17, 15) is 22.8 Å². The smallest absolute Gasteiger partial charge is 0.421 e. The van der Waals surface area contributed by atoms with E-state index in [1.807, 2.05) is 32.2 Å². The average molecular weight is 652 g/mol. The summed E-state index contributed by atoms with van der Waals surface area (Å²) >= 11 is 0. The van der Waals surface area contributed by atoms with Crippen molar-refractivity contribution in [3.8, 4) is 17.4 Å². The number of hydrogen-bond acceptors (Lipinski definition) is 7. The molecule has 0 spiro atoms. The van der Waals surface area contributed by atoms with Crippen LogP contribution in [0, 0.1) is 0 Å². The fraction of sp³-hybridized carbons (Fsp3) is 0.394. The molecule has 1 aromatic carbocycles. The number of amides is 3. The Morgan fingerprint density at radius 2 is 1.83 bits per heavy atom. The van der Waals surface area contributed by atoms with Crippen molar-refractivity contribution >= 4 is 28.7 Å². The molecule has 14 heteroatoms. The van der Waals surface area contributed by atoms with E-state index in [1.54, 1.807) is 37.3 Å². The molecule has 1 atom stereocenters. The van der Waals surface area contributed by atoms with Crippen molar-refractivity contribution in [1.82, 2.24) is 29.7 Å². The van der Waals surface area contributed by atoms with Gasteiger partial charge in [0.15, 0.2) is 0 Å². The van der Waals surface area contributed by atoms with Gasteiger partial charge in [0.05, 0.1) is 17.3 Å². The van der Waals surface area contributed by atoms with Crippen molar-refractivity contribution in [2.45, 2.75) is 51.1 Å². The minimum absolute atomic E-state index is 0.0755. The molecule has 3 aromatic heterocycles.